The summed E-state index contributed by atoms with van der Waals surface area (Å²) in [6, 6.07) is 16.7. The minimum atomic E-state index is -1.78. The number of rotatable bonds is 4. The summed E-state index contributed by atoms with van der Waals surface area (Å²) in [4.78, 5) is 14.5. The molecular weight excluding hydrogens is 338 g/mol. The van der Waals surface area contributed by atoms with Crippen LogP contribution in [0.4, 0.5) is 4.79 Å². The van der Waals surface area contributed by atoms with Gasteiger partial charge in [0.25, 0.3) is 0 Å². The van der Waals surface area contributed by atoms with Crippen molar-refractivity contribution in [2.75, 3.05) is 13.1 Å². The van der Waals surface area contributed by atoms with Gasteiger partial charge in [0.2, 0.25) is 0 Å². The van der Waals surface area contributed by atoms with E-state index in [1.165, 1.54) is 16.0 Å². The highest BCUT2D eigenvalue weighted by Crippen LogP contribution is 2.34. The van der Waals surface area contributed by atoms with Crippen LogP contribution in [0.1, 0.15) is 13.8 Å². The monoisotopic (exact) mass is 365 g/mol. The molecule has 3 rings (SSSR count). The number of carbonyl (C=O) groups excluding carboxylic acids is 1. The summed E-state index contributed by atoms with van der Waals surface area (Å²) >= 11 is 0. The lowest BCUT2D eigenvalue weighted by molar-refractivity contribution is 0.158. The third-order valence-corrected chi connectivity index (χ3v) is 6.84. The van der Waals surface area contributed by atoms with Crippen molar-refractivity contribution in [3.05, 3.63) is 48.5 Å². The number of nitrogens with zero attached hydrogens (tertiary/aromatic N) is 1. The SMILES string of the molecule is CCN(CC)C(=O)Oc1c([Si](C)(C)C)c2ccccc2c2ccccc12. The van der Waals surface area contributed by atoms with Crippen molar-refractivity contribution in [2.45, 2.75) is 33.5 Å². The Labute approximate surface area is 156 Å². The first-order valence-electron chi connectivity index (χ1n) is 9.29. The molecule has 4 heteroatoms. The van der Waals surface area contributed by atoms with E-state index in [2.05, 4.69) is 56.0 Å². The van der Waals surface area contributed by atoms with Crippen molar-refractivity contribution in [3.63, 3.8) is 0 Å². The third kappa shape index (κ3) is 3.21. The number of hydrogen-bond donors (Lipinski definition) is 0. The molecule has 0 heterocycles. The van der Waals surface area contributed by atoms with Crippen LogP contribution in [0.3, 0.4) is 0 Å². The highest BCUT2D eigenvalue weighted by atomic mass is 28.3. The van der Waals surface area contributed by atoms with Crippen LogP contribution in [-0.4, -0.2) is 32.2 Å². The molecule has 0 bridgehead atoms. The van der Waals surface area contributed by atoms with Crippen molar-refractivity contribution in [1.29, 1.82) is 0 Å². The Morgan fingerprint density at radius 2 is 1.31 bits per heavy atom. The first-order chi connectivity index (χ1) is 12.4. The van der Waals surface area contributed by atoms with E-state index in [-0.39, 0.29) is 6.09 Å². The summed E-state index contributed by atoms with van der Waals surface area (Å²) < 4.78 is 6.06. The van der Waals surface area contributed by atoms with E-state index in [9.17, 15) is 4.79 Å². The molecule has 0 aliphatic rings. The van der Waals surface area contributed by atoms with E-state index in [4.69, 9.17) is 4.74 Å². The Hall–Kier alpha value is -2.33. The van der Waals surface area contributed by atoms with Crippen molar-refractivity contribution >= 4 is 40.9 Å². The van der Waals surface area contributed by atoms with Gasteiger partial charge in [0.1, 0.15) is 5.75 Å². The van der Waals surface area contributed by atoms with E-state index < -0.39 is 8.07 Å². The van der Waals surface area contributed by atoms with Gasteiger partial charge in [0.05, 0.1) is 8.07 Å². The number of carbonyl (C=O) groups is 1. The molecule has 26 heavy (non-hydrogen) atoms. The molecule has 0 saturated carbocycles. The van der Waals surface area contributed by atoms with Crippen LogP contribution in [-0.2, 0) is 0 Å². The molecule has 3 nitrogen and oxygen atoms in total. The fourth-order valence-corrected chi connectivity index (χ4v) is 5.49. The van der Waals surface area contributed by atoms with Crippen LogP contribution in [0.5, 0.6) is 5.75 Å². The number of hydrogen-bond acceptors (Lipinski definition) is 2. The van der Waals surface area contributed by atoms with Gasteiger partial charge in [-0.15, -0.1) is 0 Å². The zero-order valence-corrected chi connectivity index (χ0v) is 17.3. The molecule has 0 radical (unpaired) electrons. The highest BCUT2D eigenvalue weighted by Gasteiger charge is 2.28. The molecule has 0 saturated heterocycles. The lowest BCUT2D eigenvalue weighted by Gasteiger charge is -2.26. The summed E-state index contributed by atoms with van der Waals surface area (Å²) in [6.07, 6.45) is -0.269. The average Bonchev–Trinajstić information content (AvgIpc) is 2.62. The Morgan fingerprint density at radius 3 is 1.81 bits per heavy atom. The Kier molecular flexibility index (Phi) is 5.05. The van der Waals surface area contributed by atoms with E-state index in [0.29, 0.717) is 13.1 Å². The summed E-state index contributed by atoms with van der Waals surface area (Å²) in [6.45, 7) is 12.1. The molecule has 1 amide bonds. The van der Waals surface area contributed by atoms with Crippen molar-refractivity contribution in [1.82, 2.24) is 4.90 Å². The van der Waals surface area contributed by atoms with Crippen LogP contribution >= 0.6 is 0 Å². The van der Waals surface area contributed by atoms with Crippen molar-refractivity contribution in [3.8, 4) is 5.75 Å². The minimum Gasteiger partial charge on any atom is -0.410 e. The maximum absolute atomic E-state index is 12.8. The fourth-order valence-electron chi connectivity index (χ4n) is 3.59. The van der Waals surface area contributed by atoms with Gasteiger partial charge >= 0.3 is 6.09 Å². The molecule has 0 atom stereocenters. The maximum Gasteiger partial charge on any atom is 0.415 e. The predicted octanol–water partition coefficient (Wildman–Crippen LogP) is 5.38. The Morgan fingerprint density at radius 1 is 0.846 bits per heavy atom. The molecule has 3 aromatic carbocycles. The van der Waals surface area contributed by atoms with E-state index in [0.717, 1.165) is 16.5 Å². The summed E-state index contributed by atoms with van der Waals surface area (Å²) in [7, 11) is -1.78. The van der Waals surface area contributed by atoms with Gasteiger partial charge in [-0.25, -0.2) is 4.79 Å². The number of benzene rings is 3. The first kappa shape index (κ1) is 18.5. The molecule has 136 valence electrons. The molecule has 3 aromatic rings. The third-order valence-electron chi connectivity index (χ3n) is 4.85. The van der Waals surface area contributed by atoms with E-state index in [1.807, 2.05) is 26.0 Å². The first-order valence-corrected chi connectivity index (χ1v) is 12.8. The molecular formula is C22H27NO2Si. The number of amides is 1. The van der Waals surface area contributed by atoms with Crippen molar-refractivity contribution < 1.29 is 9.53 Å². The zero-order chi connectivity index (χ0) is 18.9. The van der Waals surface area contributed by atoms with Gasteiger partial charge in [-0.3, -0.25) is 0 Å². The number of ether oxygens (including phenoxy) is 1. The fraction of sp³-hybridized carbons (Fsp3) is 0.318. The standard InChI is InChI=1S/C22H27NO2Si/c1-6-23(7-2)22(24)25-20-18-14-10-8-12-16(18)17-13-9-11-15-19(17)21(20)26(3,4)5/h8-15H,6-7H2,1-5H3. The van der Waals surface area contributed by atoms with Gasteiger partial charge in [-0.2, -0.15) is 0 Å². The lowest BCUT2D eigenvalue weighted by Crippen LogP contribution is -2.41. The summed E-state index contributed by atoms with van der Waals surface area (Å²) in [5.41, 5.74) is 0. The molecule has 0 N–H and O–H groups in total. The van der Waals surface area contributed by atoms with Crippen LogP contribution in [0, 0.1) is 0 Å². The smallest absolute Gasteiger partial charge is 0.410 e. The van der Waals surface area contributed by atoms with Crippen LogP contribution in [0.2, 0.25) is 19.6 Å². The molecule has 0 aromatic heterocycles. The van der Waals surface area contributed by atoms with Gasteiger partial charge < -0.3 is 9.64 Å². The summed E-state index contributed by atoms with van der Waals surface area (Å²) in [5, 5.41) is 5.79. The summed E-state index contributed by atoms with van der Waals surface area (Å²) in [5.74, 6) is 0.746. The Balaban J connectivity index is 2.36. The van der Waals surface area contributed by atoms with Crippen molar-refractivity contribution in [2.24, 2.45) is 0 Å². The number of fused-ring (bicyclic) bond motifs is 3. The quantitative estimate of drug-likeness (QED) is 0.459. The lowest BCUT2D eigenvalue weighted by atomic mass is 10.0. The largest absolute Gasteiger partial charge is 0.415 e. The Bertz CT molecular complexity index is 955. The highest BCUT2D eigenvalue weighted by molar-refractivity contribution is 6.91. The van der Waals surface area contributed by atoms with E-state index >= 15 is 0 Å². The van der Waals surface area contributed by atoms with Crippen LogP contribution < -0.4 is 9.92 Å². The van der Waals surface area contributed by atoms with Crippen LogP contribution in [0.25, 0.3) is 21.5 Å². The van der Waals surface area contributed by atoms with Crippen LogP contribution in [0.15, 0.2) is 48.5 Å². The second-order valence-corrected chi connectivity index (χ2v) is 12.6. The zero-order valence-electron chi connectivity index (χ0n) is 16.3. The average molecular weight is 366 g/mol. The topological polar surface area (TPSA) is 29.5 Å². The second kappa shape index (κ2) is 7.12. The maximum atomic E-state index is 12.8. The normalized spacial score (nSPS) is 11.7. The molecule has 0 aliphatic heterocycles. The molecule has 0 aliphatic carbocycles. The second-order valence-electron chi connectivity index (χ2n) is 7.59. The molecule has 0 spiro atoms. The molecule has 0 fully saturated rings. The minimum absolute atomic E-state index is 0.269. The van der Waals surface area contributed by atoms with Gasteiger partial charge in [-0.1, -0.05) is 68.2 Å². The van der Waals surface area contributed by atoms with Gasteiger partial charge in [0, 0.05) is 18.5 Å². The molecule has 0 unspecified atom stereocenters. The van der Waals surface area contributed by atoms with Gasteiger partial charge in [0.15, 0.2) is 0 Å². The van der Waals surface area contributed by atoms with Gasteiger partial charge in [-0.05, 0) is 35.2 Å². The van der Waals surface area contributed by atoms with E-state index in [1.54, 1.807) is 4.90 Å². The predicted molar refractivity (Wildman–Crippen MR) is 113 cm³/mol.